The number of carboxylic acids is 1. The highest BCUT2D eigenvalue weighted by Crippen LogP contribution is 2.48. The van der Waals surface area contributed by atoms with Crippen molar-refractivity contribution in [3.8, 4) is 0 Å². The van der Waals surface area contributed by atoms with Crippen molar-refractivity contribution in [3.05, 3.63) is 0 Å². The second kappa shape index (κ2) is 3.95. The van der Waals surface area contributed by atoms with Crippen LogP contribution in [0.3, 0.4) is 0 Å². The van der Waals surface area contributed by atoms with Crippen LogP contribution in [0.25, 0.3) is 0 Å². The minimum atomic E-state index is -0.988. The smallest absolute Gasteiger partial charge is 0.325 e. The van der Waals surface area contributed by atoms with E-state index in [0.29, 0.717) is 13.0 Å². The molecule has 0 amide bonds. The molecule has 4 heteroatoms. The lowest BCUT2D eigenvalue weighted by atomic mass is 9.88. The minimum absolute atomic E-state index is 0.538. The number of carboxylic acid groups (broad SMARTS) is 1. The van der Waals surface area contributed by atoms with E-state index in [2.05, 4.69) is 4.90 Å². The quantitative estimate of drug-likeness (QED) is 0.767. The van der Waals surface area contributed by atoms with Gasteiger partial charge in [-0.25, -0.2) is 0 Å². The second-order valence-electron chi connectivity index (χ2n) is 6.38. The highest BCUT2D eigenvalue weighted by Gasteiger charge is 2.44. The highest BCUT2D eigenvalue weighted by molar-refractivity contribution is 5.79. The third-order valence-electron chi connectivity index (χ3n) is 5.18. The Hall–Kier alpha value is -0.610. The van der Waals surface area contributed by atoms with Crippen molar-refractivity contribution in [2.75, 3.05) is 19.6 Å². The normalized spacial score (nSPS) is 45.6. The molecule has 17 heavy (non-hydrogen) atoms. The summed E-state index contributed by atoms with van der Waals surface area (Å²) >= 11 is 0. The average Bonchev–Trinajstić information content (AvgIpc) is 2.94. The monoisotopic (exact) mass is 238 g/mol. The highest BCUT2D eigenvalue weighted by atomic mass is 16.4. The molecule has 3 rings (SSSR count). The molecule has 2 bridgehead atoms. The van der Waals surface area contributed by atoms with E-state index in [4.69, 9.17) is 10.8 Å². The lowest BCUT2D eigenvalue weighted by Gasteiger charge is -2.27. The van der Waals surface area contributed by atoms with E-state index in [0.717, 1.165) is 30.8 Å². The lowest BCUT2D eigenvalue weighted by molar-refractivity contribution is -0.142. The van der Waals surface area contributed by atoms with Crippen molar-refractivity contribution >= 4 is 5.97 Å². The van der Waals surface area contributed by atoms with Crippen molar-refractivity contribution in [1.29, 1.82) is 0 Å². The lowest BCUT2D eigenvalue weighted by Crippen LogP contribution is -2.50. The fourth-order valence-corrected chi connectivity index (χ4v) is 4.18. The van der Waals surface area contributed by atoms with Gasteiger partial charge in [0.1, 0.15) is 5.54 Å². The topological polar surface area (TPSA) is 66.6 Å². The Bertz CT molecular complexity index is 333. The van der Waals surface area contributed by atoms with Gasteiger partial charge in [-0.05, 0) is 43.4 Å². The maximum absolute atomic E-state index is 11.1. The van der Waals surface area contributed by atoms with Crippen LogP contribution in [0, 0.1) is 17.8 Å². The Kier molecular flexibility index (Phi) is 2.67. The van der Waals surface area contributed by atoms with Gasteiger partial charge in [-0.15, -0.1) is 0 Å². The number of hydrogen-bond acceptors (Lipinski definition) is 3. The summed E-state index contributed by atoms with van der Waals surface area (Å²) in [5.74, 6) is 1.85. The van der Waals surface area contributed by atoms with Gasteiger partial charge in [-0.2, -0.15) is 0 Å². The van der Waals surface area contributed by atoms with E-state index >= 15 is 0 Å². The summed E-state index contributed by atoms with van der Waals surface area (Å²) in [6.45, 7) is 2.47. The van der Waals surface area contributed by atoms with Crippen molar-refractivity contribution < 1.29 is 9.90 Å². The summed E-state index contributed by atoms with van der Waals surface area (Å²) < 4.78 is 0. The van der Waals surface area contributed by atoms with Crippen LogP contribution in [0.4, 0.5) is 0 Å². The van der Waals surface area contributed by atoms with Gasteiger partial charge in [0, 0.05) is 19.6 Å². The molecule has 3 aliphatic rings. The second-order valence-corrected chi connectivity index (χ2v) is 6.38. The number of hydrogen-bond donors (Lipinski definition) is 2. The molecule has 96 valence electrons. The molecule has 2 saturated carbocycles. The molecule has 0 aromatic carbocycles. The van der Waals surface area contributed by atoms with Crippen LogP contribution in [0.5, 0.6) is 0 Å². The molecule has 2 aliphatic carbocycles. The third-order valence-corrected chi connectivity index (χ3v) is 5.18. The molecule has 3 N–H and O–H groups in total. The minimum Gasteiger partial charge on any atom is -0.480 e. The van der Waals surface area contributed by atoms with Crippen LogP contribution in [0.2, 0.25) is 0 Å². The van der Waals surface area contributed by atoms with Crippen LogP contribution in [-0.4, -0.2) is 41.1 Å². The van der Waals surface area contributed by atoms with Crippen molar-refractivity contribution in [1.82, 2.24) is 4.90 Å². The zero-order valence-corrected chi connectivity index (χ0v) is 10.3. The fourth-order valence-electron chi connectivity index (χ4n) is 4.18. The summed E-state index contributed by atoms with van der Waals surface area (Å²) in [5, 5.41) is 9.10. The molecule has 4 unspecified atom stereocenters. The summed E-state index contributed by atoms with van der Waals surface area (Å²) in [6.07, 6.45) is 6.22. The number of fused-ring (bicyclic) bond motifs is 2. The predicted octanol–water partition coefficient (Wildman–Crippen LogP) is 0.910. The number of aliphatic carboxylic acids is 1. The zero-order chi connectivity index (χ0) is 12.0. The molecule has 0 spiro atoms. The van der Waals surface area contributed by atoms with Crippen molar-refractivity contribution in [2.24, 2.45) is 23.5 Å². The molecule has 4 atom stereocenters. The molecule has 0 aromatic rings. The van der Waals surface area contributed by atoms with Gasteiger partial charge in [-0.1, -0.05) is 6.42 Å². The van der Waals surface area contributed by atoms with Gasteiger partial charge >= 0.3 is 5.97 Å². The molecule has 0 aromatic heterocycles. The van der Waals surface area contributed by atoms with Gasteiger partial charge < -0.3 is 15.7 Å². The predicted molar refractivity (Wildman–Crippen MR) is 64.5 cm³/mol. The molecule has 4 nitrogen and oxygen atoms in total. The average molecular weight is 238 g/mol. The summed E-state index contributed by atoms with van der Waals surface area (Å²) in [4.78, 5) is 13.4. The van der Waals surface area contributed by atoms with Gasteiger partial charge in [0.05, 0.1) is 0 Å². The molecule has 1 saturated heterocycles. The van der Waals surface area contributed by atoms with Crippen LogP contribution >= 0.6 is 0 Å². The molecular weight excluding hydrogens is 216 g/mol. The van der Waals surface area contributed by atoms with E-state index in [1.54, 1.807) is 0 Å². The molecular formula is C13H22N2O2. The number of nitrogens with two attached hydrogens (primary N) is 1. The maximum atomic E-state index is 11.1. The first kappa shape index (κ1) is 11.5. The van der Waals surface area contributed by atoms with Crippen molar-refractivity contribution in [2.45, 2.75) is 37.6 Å². The standard InChI is InChI=1S/C13H22N2O2/c14-13(12(16)17)3-4-15(8-13)7-11-6-9-1-2-10(11)5-9/h9-11H,1-8,14H2,(H,16,17). The summed E-state index contributed by atoms with van der Waals surface area (Å²) in [6, 6.07) is 0. The Morgan fingerprint density at radius 3 is 2.76 bits per heavy atom. The number of carbonyl (C=O) groups is 1. The molecule has 3 fully saturated rings. The van der Waals surface area contributed by atoms with Crippen LogP contribution in [0.1, 0.15) is 32.1 Å². The van der Waals surface area contributed by atoms with Gasteiger partial charge in [0.2, 0.25) is 0 Å². The fraction of sp³-hybridized carbons (Fsp3) is 0.923. The van der Waals surface area contributed by atoms with Gasteiger partial charge in [0.15, 0.2) is 0 Å². The Morgan fingerprint density at radius 1 is 1.41 bits per heavy atom. The molecule has 1 heterocycles. The van der Waals surface area contributed by atoms with E-state index in [-0.39, 0.29) is 0 Å². The summed E-state index contributed by atoms with van der Waals surface area (Å²) in [7, 11) is 0. The largest absolute Gasteiger partial charge is 0.480 e. The summed E-state index contributed by atoms with van der Waals surface area (Å²) in [5.41, 5.74) is 4.91. The van der Waals surface area contributed by atoms with E-state index in [1.165, 1.54) is 25.7 Å². The van der Waals surface area contributed by atoms with Crippen LogP contribution < -0.4 is 5.73 Å². The number of likely N-dealkylation sites (tertiary alicyclic amines) is 1. The van der Waals surface area contributed by atoms with E-state index in [9.17, 15) is 4.79 Å². The van der Waals surface area contributed by atoms with Crippen LogP contribution in [0.15, 0.2) is 0 Å². The first-order valence-electron chi connectivity index (χ1n) is 6.81. The Balaban J connectivity index is 1.56. The number of nitrogens with zero attached hydrogens (tertiary/aromatic N) is 1. The van der Waals surface area contributed by atoms with Crippen LogP contribution in [-0.2, 0) is 4.79 Å². The van der Waals surface area contributed by atoms with E-state index in [1.807, 2.05) is 0 Å². The first-order chi connectivity index (χ1) is 8.07. The third kappa shape index (κ3) is 1.97. The maximum Gasteiger partial charge on any atom is 0.325 e. The molecule has 0 radical (unpaired) electrons. The van der Waals surface area contributed by atoms with E-state index < -0.39 is 11.5 Å². The molecule has 1 aliphatic heterocycles. The zero-order valence-electron chi connectivity index (χ0n) is 10.3. The van der Waals surface area contributed by atoms with Crippen molar-refractivity contribution in [3.63, 3.8) is 0 Å². The number of rotatable bonds is 3. The Labute approximate surface area is 102 Å². The van der Waals surface area contributed by atoms with Gasteiger partial charge in [-0.3, -0.25) is 4.79 Å². The SMILES string of the molecule is NC1(C(=O)O)CCN(CC2CC3CCC2C3)C1. The first-order valence-corrected chi connectivity index (χ1v) is 6.81. The Morgan fingerprint density at radius 2 is 2.24 bits per heavy atom. The van der Waals surface area contributed by atoms with Gasteiger partial charge in [0.25, 0.3) is 0 Å².